The first kappa shape index (κ1) is 9.85. The summed E-state index contributed by atoms with van der Waals surface area (Å²) in [5.41, 5.74) is 2.26. The average Bonchev–Trinajstić information content (AvgIpc) is 2.66. The van der Waals surface area contributed by atoms with E-state index in [1.807, 2.05) is 12.1 Å². The van der Waals surface area contributed by atoms with Crippen LogP contribution in [0.5, 0.6) is 11.5 Å². The van der Waals surface area contributed by atoms with Gasteiger partial charge in [-0.05, 0) is 29.7 Å². The Bertz CT molecular complexity index is 407. The second kappa shape index (κ2) is 4.22. The van der Waals surface area contributed by atoms with E-state index in [-0.39, 0.29) is 6.79 Å². The molecule has 0 radical (unpaired) electrons. The average molecular weight is 203 g/mol. The summed E-state index contributed by atoms with van der Waals surface area (Å²) in [4.78, 5) is 0. The lowest BCUT2D eigenvalue weighted by atomic mass is 10.0. The number of rotatable bonds is 3. The monoisotopic (exact) mass is 203 g/mol. The van der Waals surface area contributed by atoms with Crippen LogP contribution in [0, 0.1) is 11.3 Å². The molecule has 0 atom stereocenters. The Kier molecular flexibility index (Phi) is 2.77. The summed E-state index contributed by atoms with van der Waals surface area (Å²) in [7, 11) is 0. The third-order valence-corrected chi connectivity index (χ3v) is 2.48. The van der Waals surface area contributed by atoms with Crippen molar-refractivity contribution in [2.45, 2.75) is 26.2 Å². The molecule has 0 bridgehead atoms. The van der Waals surface area contributed by atoms with E-state index in [9.17, 15) is 0 Å². The van der Waals surface area contributed by atoms with Crippen LogP contribution in [0.2, 0.25) is 0 Å². The van der Waals surface area contributed by atoms with Crippen LogP contribution in [0.4, 0.5) is 0 Å². The maximum absolute atomic E-state index is 8.74. The molecular formula is C12H13NO2. The van der Waals surface area contributed by atoms with Gasteiger partial charge in [-0.1, -0.05) is 13.3 Å². The zero-order valence-electron chi connectivity index (χ0n) is 8.75. The van der Waals surface area contributed by atoms with Crippen LogP contribution in [0.25, 0.3) is 0 Å². The molecule has 0 amide bonds. The number of nitrogens with zero attached hydrogens (tertiary/aromatic N) is 1. The fourth-order valence-corrected chi connectivity index (χ4v) is 1.78. The minimum Gasteiger partial charge on any atom is -0.454 e. The standard InChI is InChI=1S/C12H13NO2/c1-2-3-9-6-11-12(15-8-14-11)7-10(9)4-5-13/h6-7H,2-4,8H2,1H3. The molecule has 1 heterocycles. The van der Waals surface area contributed by atoms with Gasteiger partial charge in [-0.3, -0.25) is 0 Å². The highest BCUT2D eigenvalue weighted by atomic mass is 16.7. The van der Waals surface area contributed by atoms with Gasteiger partial charge < -0.3 is 9.47 Å². The minimum absolute atomic E-state index is 0.289. The van der Waals surface area contributed by atoms with Crippen molar-refractivity contribution >= 4 is 0 Å². The van der Waals surface area contributed by atoms with Gasteiger partial charge in [0, 0.05) is 0 Å². The Labute approximate surface area is 89.2 Å². The minimum atomic E-state index is 0.289. The molecule has 1 aliphatic rings. The molecule has 3 heteroatoms. The summed E-state index contributed by atoms with van der Waals surface area (Å²) < 4.78 is 10.6. The highest BCUT2D eigenvalue weighted by Gasteiger charge is 2.16. The lowest BCUT2D eigenvalue weighted by molar-refractivity contribution is 0.174. The third kappa shape index (κ3) is 1.89. The molecule has 15 heavy (non-hydrogen) atoms. The molecule has 3 nitrogen and oxygen atoms in total. The zero-order chi connectivity index (χ0) is 10.7. The first-order valence-corrected chi connectivity index (χ1v) is 5.13. The fourth-order valence-electron chi connectivity index (χ4n) is 1.78. The smallest absolute Gasteiger partial charge is 0.231 e. The summed E-state index contributed by atoms with van der Waals surface area (Å²) in [6, 6.07) is 6.10. The van der Waals surface area contributed by atoms with Gasteiger partial charge in [-0.15, -0.1) is 0 Å². The van der Waals surface area contributed by atoms with Crippen molar-refractivity contribution in [3.8, 4) is 17.6 Å². The molecule has 0 saturated carbocycles. The summed E-state index contributed by atoms with van der Waals surface area (Å²) in [5.74, 6) is 1.57. The van der Waals surface area contributed by atoms with Crippen molar-refractivity contribution in [3.05, 3.63) is 23.3 Å². The Morgan fingerprint density at radius 1 is 1.27 bits per heavy atom. The van der Waals surface area contributed by atoms with E-state index in [0.29, 0.717) is 6.42 Å². The van der Waals surface area contributed by atoms with E-state index in [1.54, 1.807) is 0 Å². The van der Waals surface area contributed by atoms with Crippen molar-refractivity contribution in [2.24, 2.45) is 0 Å². The Morgan fingerprint density at radius 2 is 1.93 bits per heavy atom. The number of ether oxygens (including phenoxy) is 2. The molecule has 78 valence electrons. The van der Waals surface area contributed by atoms with Gasteiger partial charge in [0.2, 0.25) is 6.79 Å². The van der Waals surface area contributed by atoms with Crippen LogP contribution in [-0.2, 0) is 12.8 Å². The van der Waals surface area contributed by atoms with Crippen molar-refractivity contribution < 1.29 is 9.47 Å². The Balaban J connectivity index is 2.38. The molecule has 0 aromatic heterocycles. The maximum atomic E-state index is 8.74. The number of nitriles is 1. The number of hydrogen-bond acceptors (Lipinski definition) is 3. The third-order valence-electron chi connectivity index (χ3n) is 2.48. The van der Waals surface area contributed by atoms with Crippen molar-refractivity contribution in [3.63, 3.8) is 0 Å². The van der Waals surface area contributed by atoms with Gasteiger partial charge in [-0.25, -0.2) is 0 Å². The molecule has 0 fully saturated rings. The number of benzene rings is 1. The molecule has 0 N–H and O–H groups in total. The van der Waals surface area contributed by atoms with E-state index in [1.165, 1.54) is 5.56 Å². The van der Waals surface area contributed by atoms with Gasteiger partial charge in [0.15, 0.2) is 11.5 Å². The normalized spacial score (nSPS) is 12.5. The molecule has 1 aromatic rings. The zero-order valence-corrected chi connectivity index (χ0v) is 8.75. The lowest BCUT2D eigenvalue weighted by Crippen LogP contribution is -1.93. The molecule has 1 aromatic carbocycles. The van der Waals surface area contributed by atoms with Crippen LogP contribution in [-0.4, -0.2) is 6.79 Å². The van der Waals surface area contributed by atoms with Gasteiger partial charge in [0.05, 0.1) is 12.5 Å². The summed E-state index contributed by atoms with van der Waals surface area (Å²) in [6.45, 7) is 2.41. The maximum Gasteiger partial charge on any atom is 0.231 e. The summed E-state index contributed by atoms with van der Waals surface area (Å²) in [5, 5.41) is 8.74. The van der Waals surface area contributed by atoms with Crippen LogP contribution < -0.4 is 9.47 Å². The summed E-state index contributed by atoms with van der Waals surface area (Å²) >= 11 is 0. The van der Waals surface area contributed by atoms with Crippen LogP contribution >= 0.6 is 0 Å². The molecule has 2 rings (SSSR count). The second-order valence-corrected chi connectivity index (χ2v) is 3.56. The molecule has 1 aliphatic heterocycles. The van der Waals surface area contributed by atoms with Crippen LogP contribution in [0.3, 0.4) is 0 Å². The highest BCUT2D eigenvalue weighted by Crippen LogP contribution is 2.35. The Hall–Kier alpha value is -1.69. The van der Waals surface area contributed by atoms with Crippen LogP contribution in [0.15, 0.2) is 12.1 Å². The molecule has 0 unspecified atom stereocenters. The Morgan fingerprint density at radius 3 is 2.53 bits per heavy atom. The topological polar surface area (TPSA) is 42.2 Å². The van der Waals surface area contributed by atoms with Gasteiger partial charge in [-0.2, -0.15) is 5.26 Å². The number of aryl methyl sites for hydroxylation is 1. The highest BCUT2D eigenvalue weighted by molar-refractivity contribution is 5.49. The van der Waals surface area contributed by atoms with Gasteiger partial charge in [0.25, 0.3) is 0 Å². The second-order valence-electron chi connectivity index (χ2n) is 3.56. The van der Waals surface area contributed by atoms with E-state index >= 15 is 0 Å². The molecular weight excluding hydrogens is 190 g/mol. The lowest BCUT2D eigenvalue weighted by Gasteiger charge is -2.07. The van der Waals surface area contributed by atoms with E-state index < -0.39 is 0 Å². The first-order valence-electron chi connectivity index (χ1n) is 5.13. The van der Waals surface area contributed by atoms with E-state index in [0.717, 1.165) is 29.9 Å². The predicted molar refractivity (Wildman–Crippen MR) is 55.9 cm³/mol. The van der Waals surface area contributed by atoms with Crippen molar-refractivity contribution in [2.75, 3.05) is 6.79 Å². The molecule has 0 spiro atoms. The molecule has 0 aliphatic carbocycles. The number of hydrogen-bond donors (Lipinski definition) is 0. The quantitative estimate of drug-likeness (QED) is 0.757. The van der Waals surface area contributed by atoms with E-state index in [4.69, 9.17) is 14.7 Å². The largest absolute Gasteiger partial charge is 0.454 e. The first-order chi connectivity index (χ1) is 7.35. The van der Waals surface area contributed by atoms with Crippen molar-refractivity contribution in [1.29, 1.82) is 5.26 Å². The predicted octanol–water partition coefficient (Wildman–Crippen LogP) is 2.43. The summed E-state index contributed by atoms with van der Waals surface area (Å²) in [6.07, 6.45) is 2.48. The fraction of sp³-hybridized carbons (Fsp3) is 0.417. The number of fused-ring (bicyclic) bond motifs is 1. The van der Waals surface area contributed by atoms with Gasteiger partial charge in [0.1, 0.15) is 0 Å². The molecule has 0 saturated heterocycles. The van der Waals surface area contributed by atoms with Crippen molar-refractivity contribution in [1.82, 2.24) is 0 Å². The van der Waals surface area contributed by atoms with E-state index in [2.05, 4.69) is 13.0 Å². The van der Waals surface area contributed by atoms with Crippen LogP contribution in [0.1, 0.15) is 24.5 Å². The SMILES string of the molecule is CCCc1cc2c(cc1CC#N)OCO2. The van der Waals surface area contributed by atoms with Gasteiger partial charge >= 0.3 is 0 Å².